The van der Waals surface area contributed by atoms with Crippen LogP contribution in [-0.4, -0.2) is 14.8 Å². The van der Waals surface area contributed by atoms with E-state index in [1.807, 2.05) is 34.9 Å². The van der Waals surface area contributed by atoms with Crippen LogP contribution in [0, 0.1) is 5.82 Å². The molecule has 0 radical (unpaired) electrons. The van der Waals surface area contributed by atoms with Gasteiger partial charge in [-0.2, -0.15) is 0 Å². The molecule has 0 saturated carbocycles. The summed E-state index contributed by atoms with van der Waals surface area (Å²) in [6, 6.07) is 14.2. The van der Waals surface area contributed by atoms with Gasteiger partial charge in [0.15, 0.2) is 11.0 Å². The average Bonchev–Trinajstić information content (AvgIpc) is 3.02. The fourth-order valence-corrected chi connectivity index (χ4v) is 3.47. The van der Waals surface area contributed by atoms with Gasteiger partial charge in [-0.25, -0.2) is 4.39 Å². The molecule has 3 aromatic rings. The minimum absolute atomic E-state index is 0.237. The summed E-state index contributed by atoms with van der Waals surface area (Å²) in [5.74, 6) is 1.85. The van der Waals surface area contributed by atoms with E-state index in [1.165, 1.54) is 23.9 Å². The first-order valence-electron chi connectivity index (χ1n) is 7.94. The van der Waals surface area contributed by atoms with Crippen molar-refractivity contribution in [3.8, 4) is 5.75 Å². The number of halogens is 2. The van der Waals surface area contributed by atoms with Gasteiger partial charge in [-0.05, 0) is 42.0 Å². The monoisotopic (exact) mass is 433 g/mol. The van der Waals surface area contributed by atoms with Crippen LogP contribution in [-0.2, 0) is 18.9 Å². The van der Waals surface area contributed by atoms with E-state index in [-0.39, 0.29) is 5.82 Å². The van der Waals surface area contributed by atoms with Crippen LogP contribution in [0.3, 0.4) is 0 Å². The summed E-state index contributed by atoms with van der Waals surface area (Å²) in [4.78, 5) is 0. The second-order valence-corrected chi connectivity index (χ2v) is 7.32. The van der Waals surface area contributed by atoms with Gasteiger partial charge in [-0.1, -0.05) is 45.9 Å². The molecule has 0 aliphatic rings. The van der Waals surface area contributed by atoms with Crippen LogP contribution >= 0.6 is 27.7 Å². The molecule has 0 aliphatic carbocycles. The Morgan fingerprint density at radius 2 is 2.00 bits per heavy atom. The van der Waals surface area contributed by atoms with Crippen LogP contribution in [0.1, 0.15) is 11.4 Å². The average molecular weight is 434 g/mol. The van der Waals surface area contributed by atoms with Crippen molar-refractivity contribution >= 4 is 27.7 Å². The maximum Gasteiger partial charge on any atom is 0.191 e. The zero-order chi connectivity index (χ0) is 18.4. The Balaban J connectivity index is 1.68. The van der Waals surface area contributed by atoms with E-state index in [4.69, 9.17) is 4.74 Å². The van der Waals surface area contributed by atoms with Crippen LogP contribution in [0.25, 0.3) is 0 Å². The Morgan fingerprint density at radius 1 is 1.19 bits per heavy atom. The molecule has 3 rings (SSSR count). The van der Waals surface area contributed by atoms with Crippen LogP contribution in [0.4, 0.5) is 4.39 Å². The minimum atomic E-state index is -0.237. The predicted molar refractivity (Wildman–Crippen MR) is 105 cm³/mol. The third-order valence-electron chi connectivity index (χ3n) is 3.54. The highest BCUT2D eigenvalue weighted by atomic mass is 79.9. The Hall–Kier alpha value is -2.12. The fourth-order valence-electron chi connectivity index (χ4n) is 2.30. The maximum atomic E-state index is 13.3. The topological polar surface area (TPSA) is 39.9 Å². The van der Waals surface area contributed by atoms with E-state index in [2.05, 4.69) is 32.7 Å². The SMILES string of the molecule is C=CCn1c(COc2ccc(Br)cc2)nnc1SCc1cccc(F)c1. The fraction of sp³-hybridized carbons (Fsp3) is 0.158. The van der Waals surface area contributed by atoms with E-state index < -0.39 is 0 Å². The summed E-state index contributed by atoms with van der Waals surface area (Å²) >= 11 is 4.90. The van der Waals surface area contributed by atoms with Crippen LogP contribution in [0.2, 0.25) is 0 Å². The highest BCUT2D eigenvalue weighted by Crippen LogP contribution is 2.23. The summed E-state index contributed by atoms with van der Waals surface area (Å²) < 4.78 is 22.0. The maximum absolute atomic E-state index is 13.3. The Morgan fingerprint density at radius 3 is 2.73 bits per heavy atom. The molecule has 26 heavy (non-hydrogen) atoms. The molecule has 0 spiro atoms. The van der Waals surface area contributed by atoms with Crippen LogP contribution in [0.15, 0.2) is 70.8 Å². The van der Waals surface area contributed by atoms with Gasteiger partial charge in [0.05, 0.1) is 0 Å². The number of hydrogen-bond donors (Lipinski definition) is 0. The van der Waals surface area contributed by atoms with Gasteiger partial charge in [0, 0.05) is 16.8 Å². The Bertz CT molecular complexity index is 883. The van der Waals surface area contributed by atoms with Crippen molar-refractivity contribution in [1.82, 2.24) is 14.8 Å². The number of ether oxygens (including phenoxy) is 1. The predicted octanol–water partition coefficient (Wildman–Crippen LogP) is 5.24. The lowest BCUT2D eigenvalue weighted by Gasteiger charge is -2.09. The van der Waals surface area contributed by atoms with Crippen molar-refractivity contribution in [3.63, 3.8) is 0 Å². The standard InChI is InChI=1S/C19H17BrFN3OS/c1-2-10-24-18(12-25-17-8-6-15(20)7-9-17)22-23-19(24)26-13-14-4-3-5-16(21)11-14/h2-9,11H,1,10,12-13H2. The smallest absolute Gasteiger partial charge is 0.191 e. The van der Waals surface area contributed by atoms with E-state index in [1.54, 1.807) is 12.1 Å². The second kappa shape index (κ2) is 9.00. The number of hydrogen-bond acceptors (Lipinski definition) is 4. The molecule has 0 unspecified atom stereocenters. The molecular weight excluding hydrogens is 417 g/mol. The van der Waals surface area contributed by atoms with Gasteiger partial charge in [-0.15, -0.1) is 16.8 Å². The number of thioether (sulfide) groups is 1. The van der Waals surface area contributed by atoms with Gasteiger partial charge in [0.25, 0.3) is 0 Å². The first-order chi connectivity index (χ1) is 12.7. The molecule has 1 aromatic heterocycles. The second-order valence-electron chi connectivity index (χ2n) is 5.46. The number of benzene rings is 2. The van der Waals surface area contributed by atoms with Crippen molar-refractivity contribution in [2.75, 3.05) is 0 Å². The number of allylic oxidation sites excluding steroid dienone is 1. The van der Waals surface area contributed by atoms with Crippen molar-refractivity contribution in [3.05, 3.63) is 82.9 Å². The molecular formula is C19H17BrFN3OS. The first kappa shape index (κ1) is 18.7. The molecule has 134 valence electrons. The van der Waals surface area contributed by atoms with Crippen molar-refractivity contribution < 1.29 is 9.13 Å². The van der Waals surface area contributed by atoms with Gasteiger partial charge in [0.2, 0.25) is 0 Å². The number of rotatable bonds is 8. The first-order valence-corrected chi connectivity index (χ1v) is 9.72. The van der Waals surface area contributed by atoms with E-state index in [0.29, 0.717) is 18.9 Å². The van der Waals surface area contributed by atoms with Gasteiger partial charge in [0.1, 0.15) is 18.2 Å². The zero-order valence-corrected chi connectivity index (χ0v) is 16.3. The van der Waals surface area contributed by atoms with Gasteiger partial charge < -0.3 is 4.74 Å². The summed E-state index contributed by atoms with van der Waals surface area (Å²) in [5, 5.41) is 9.23. The molecule has 0 atom stereocenters. The summed E-state index contributed by atoms with van der Waals surface area (Å²) in [7, 11) is 0. The lowest BCUT2D eigenvalue weighted by atomic mass is 10.2. The van der Waals surface area contributed by atoms with Crippen molar-refractivity contribution in [2.45, 2.75) is 24.1 Å². The molecule has 4 nitrogen and oxygen atoms in total. The number of nitrogens with zero attached hydrogens (tertiary/aromatic N) is 3. The summed E-state index contributed by atoms with van der Waals surface area (Å²) in [6.07, 6.45) is 1.79. The summed E-state index contributed by atoms with van der Waals surface area (Å²) in [5.41, 5.74) is 0.899. The Labute approximate surface area is 164 Å². The van der Waals surface area contributed by atoms with E-state index in [9.17, 15) is 4.39 Å². The van der Waals surface area contributed by atoms with Crippen LogP contribution < -0.4 is 4.74 Å². The molecule has 1 heterocycles. The number of aromatic nitrogens is 3. The van der Waals surface area contributed by atoms with Crippen LogP contribution in [0.5, 0.6) is 5.75 Å². The molecule has 0 amide bonds. The van der Waals surface area contributed by atoms with Gasteiger partial charge in [-0.3, -0.25) is 4.57 Å². The molecule has 0 N–H and O–H groups in total. The highest BCUT2D eigenvalue weighted by Gasteiger charge is 2.12. The quantitative estimate of drug-likeness (QED) is 0.359. The zero-order valence-electron chi connectivity index (χ0n) is 13.9. The van der Waals surface area contributed by atoms with E-state index >= 15 is 0 Å². The third kappa shape index (κ3) is 4.95. The molecule has 0 saturated heterocycles. The molecule has 0 bridgehead atoms. The van der Waals surface area contributed by atoms with E-state index in [0.717, 1.165) is 26.8 Å². The molecule has 7 heteroatoms. The van der Waals surface area contributed by atoms with Crippen molar-refractivity contribution in [1.29, 1.82) is 0 Å². The third-order valence-corrected chi connectivity index (χ3v) is 5.11. The molecule has 0 fully saturated rings. The lowest BCUT2D eigenvalue weighted by molar-refractivity contribution is 0.289. The summed E-state index contributed by atoms with van der Waals surface area (Å²) in [6.45, 7) is 4.68. The highest BCUT2D eigenvalue weighted by molar-refractivity contribution is 9.10. The molecule has 2 aromatic carbocycles. The van der Waals surface area contributed by atoms with Crippen molar-refractivity contribution in [2.24, 2.45) is 0 Å². The molecule has 0 aliphatic heterocycles. The normalized spacial score (nSPS) is 10.7. The lowest BCUT2D eigenvalue weighted by Crippen LogP contribution is -2.07. The Kier molecular flexibility index (Phi) is 6.46. The van der Waals surface area contributed by atoms with Gasteiger partial charge >= 0.3 is 0 Å². The largest absolute Gasteiger partial charge is 0.486 e. The minimum Gasteiger partial charge on any atom is -0.486 e.